The Labute approximate surface area is 150 Å². The first-order chi connectivity index (χ1) is 12.1. The highest BCUT2D eigenvalue weighted by molar-refractivity contribution is 6.33. The van der Waals surface area contributed by atoms with Crippen molar-refractivity contribution < 1.29 is 9.53 Å². The Balaban J connectivity index is 1.82. The second-order valence-corrected chi connectivity index (χ2v) is 5.96. The fourth-order valence-corrected chi connectivity index (χ4v) is 2.63. The number of carbonyl (C=O) groups is 1. The summed E-state index contributed by atoms with van der Waals surface area (Å²) in [5.41, 5.74) is 3.11. The summed E-state index contributed by atoms with van der Waals surface area (Å²) in [5.74, 6) is 0.471. The Morgan fingerprint density at radius 3 is 2.96 bits per heavy atom. The minimum atomic E-state index is -0.561. The number of rotatable bonds is 6. The molecule has 1 atom stereocenters. The van der Waals surface area contributed by atoms with Crippen LogP contribution in [0, 0.1) is 0 Å². The summed E-state index contributed by atoms with van der Waals surface area (Å²) < 4.78 is 5.32. The summed E-state index contributed by atoms with van der Waals surface area (Å²) >= 11 is 6.23. The summed E-state index contributed by atoms with van der Waals surface area (Å²) in [4.78, 5) is 19.9. The standard InChI is InChI=1S/C19H18ClN3O2/c1-3-10-25-12(2)19(24)21-13-8-9-16-17(11-13)23-18(22-16)14-6-4-5-7-15(14)20/h3-9,11-12H,1,10H2,2H3,(H,21,24)(H,22,23). The zero-order chi connectivity index (χ0) is 17.8. The molecule has 1 aromatic heterocycles. The number of amides is 1. The molecule has 25 heavy (non-hydrogen) atoms. The van der Waals surface area contributed by atoms with E-state index in [4.69, 9.17) is 16.3 Å². The van der Waals surface area contributed by atoms with Crippen LogP contribution < -0.4 is 5.32 Å². The minimum Gasteiger partial charge on any atom is -0.365 e. The van der Waals surface area contributed by atoms with Crippen LogP contribution in [0.4, 0.5) is 5.69 Å². The molecule has 0 saturated carbocycles. The maximum absolute atomic E-state index is 12.1. The number of nitrogens with zero attached hydrogens (tertiary/aromatic N) is 1. The quantitative estimate of drug-likeness (QED) is 0.643. The highest BCUT2D eigenvalue weighted by Crippen LogP contribution is 2.28. The van der Waals surface area contributed by atoms with Crippen molar-refractivity contribution in [1.82, 2.24) is 9.97 Å². The fraction of sp³-hybridized carbons (Fsp3) is 0.158. The summed E-state index contributed by atoms with van der Waals surface area (Å²) in [5, 5.41) is 3.46. The Kier molecular flexibility index (Phi) is 5.16. The van der Waals surface area contributed by atoms with Crippen molar-refractivity contribution in [3.05, 3.63) is 60.1 Å². The number of carbonyl (C=O) groups excluding carboxylic acids is 1. The maximum atomic E-state index is 12.1. The van der Waals surface area contributed by atoms with Gasteiger partial charge in [-0.15, -0.1) is 6.58 Å². The van der Waals surface area contributed by atoms with Gasteiger partial charge in [-0.2, -0.15) is 0 Å². The molecule has 3 rings (SSSR count). The Morgan fingerprint density at radius 1 is 1.40 bits per heavy atom. The van der Waals surface area contributed by atoms with Gasteiger partial charge in [0.1, 0.15) is 11.9 Å². The lowest BCUT2D eigenvalue weighted by molar-refractivity contribution is -0.125. The molecule has 1 amide bonds. The Bertz CT molecular complexity index is 920. The SMILES string of the molecule is C=CCOC(C)C(=O)Nc1ccc2nc(-c3ccccc3Cl)[nH]c2c1. The van der Waals surface area contributed by atoms with Gasteiger partial charge in [-0.05, 0) is 37.3 Å². The molecule has 0 aliphatic rings. The maximum Gasteiger partial charge on any atom is 0.253 e. The number of anilines is 1. The first-order valence-electron chi connectivity index (χ1n) is 7.86. The average molecular weight is 356 g/mol. The molecule has 0 radical (unpaired) electrons. The van der Waals surface area contributed by atoms with E-state index in [9.17, 15) is 4.79 Å². The number of aromatic amines is 1. The summed E-state index contributed by atoms with van der Waals surface area (Å²) in [6.07, 6.45) is 1.05. The van der Waals surface area contributed by atoms with Crippen LogP contribution in [0.15, 0.2) is 55.1 Å². The molecule has 0 aliphatic heterocycles. The number of halogens is 1. The molecule has 3 aromatic rings. The zero-order valence-corrected chi connectivity index (χ0v) is 14.5. The van der Waals surface area contributed by atoms with E-state index in [1.807, 2.05) is 36.4 Å². The van der Waals surface area contributed by atoms with Crippen LogP contribution in [0.3, 0.4) is 0 Å². The van der Waals surface area contributed by atoms with E-state index in [2.05, 4.69) is 21.9 Å². The number of ether oxygens (including phenoxy) is 1. The van der Waals surface area contributed by atoms with Gasteiger partial charge >= 0.3 is 0 Å². The number of H-pyrrole nitrogens is 1. The van der Waals surface area contributed by atoms with Crippen molar-refractivity contribution in [1.29, 1.82) is 0 Å². The number of fused-ring (bicyclic) bond motifs is 1. The molecule has 0 spiro atoms. The molecule has 0 bridgehead atoms. The van der Waals surface area contributed by atoms with Crippen LogP contribution in [0.25, 0.3) is 22.4 Å². The molecule has 1 unspecified atom stereocenters. The first-order valence-corrected chi connectivity index (χ1v) is 8.24. The molecular formula is C19H18ClN3O2. The molecule has 128 valence electrons. The van der Waals surface area contributed by atoms with Crippen LogP contribution in [-0.4, -0.2) is 28.6 Å². The normalized spacial score (nSPS) is 12.1. The van der Waals surface area contributed by atoms with Gasteiger partial charge in [-0.25, -0.2) is 4.98 Å². The van der Waals surface area contributed by atoms with Crippen molar-refractivity contribution in [2.24, 2.45) is 0 Å². The molecule has 2 N–H and O–H groups in total. The number of benzene rings is 2. The number of imidazole rings is 1. The van der Waals surface area contributed by atoms with Gasteiger partial charge in [-0.3, -0.25) is 4.79 Å². The molecule has 0 saturated heterocycles. The molecule has 0 fully saturated rings. The van der Waals surface area contributed by atoms with Gasteiger partial charge in [-0.1, -0.05) is 29.8 Å². The van der Waals surface area contributed by atoms with Crippen molar-refractivity contribution in [2.75, 3.05) is 11.9 Å². The van der Waals surface area contributed by atoms with Crippen LogP contribution >= 0.6 is 11.6 Å². The number of hydrogen-bond donors (Lipinski definition) is 2. The summed E-state index contributed by atoms with van der Waals surface area (Å²) in [7, 11) is 0. The molecule has 5 nitrogen and oxygen atoms in total. The van der Waals surface area contributed by atoms with Gasteiger partial charge in [0.25, 0.3) is 5.91 Å². The lowest BCUT2D eigenvalue weighted by atomic mass is 10.2. The largest absolute Gasteiger partial charge is 0.365 e. The zero-order valence-electron chi connectivity index (χ0n) is 13.8. The summed E-state index contributed by atoms with van der Waals surface area (Å²) in [6, 6.07) is 13.0. The van der Waals surface area contributed by atoms with Crippen LogP contribution in [0.2, 0.25) is 5.02 Å². The van der Waals surface area contributed by atoms with E-state index in [0.29, 0.717) is 23.1 Å². The highest BCUT2D eigenvalue weighted by atomic mass is 35.5. The van der Waals surface area contributed by atoms with Crippen molar-refractivity contribution >= 4 is 34.2 Å². The van der Waals surface area contributed by atoms with E-state index in [1.165, 1.54) is 0 Å². The predicted octanol–water partition coefficient (Wildman–Crippen LogP) is 4.41. The molecule has 2 aromatic carbocycles. The average Bonchev–Trinajstić information content (AvgIpc) is 3.03. The topological polar surface area (TPSA) is 67.0 Å². The third-order valence-electron chi connectivity index (χ3n) is 3.71. The highest BCUT2D eigenvalue weighted by Gasteiger charge is 2.14. The fourth-order valence-electron chi connectivity index (χ4n) is 2.40. The van der Waals surface area contributed by atoms with Crippen molar-refractivity contribution in [2.45, 2.75) is 13.0 Å². The molecular weight excluding hydrogens is 338 g/mol. The monoisotopic (exact) mass is 355 g/mol. The number of hydrogen-bond acceptors (Lipinski definition) is 3. The number of nitrogens with one attached hydrogen (secondary N) is 2. The second kappa shape index (κ2) is 7.51. The van der Waals surface area contributed by atoms with Gasteiger partial charge in [0.2, 0.25) is 0 Å². The lowest BCUT2D eigenvalue weighted by Gasteiger charge is -2.12. The third-order valence-corrected chi connectivity index (χ3v) is 4.04. The predicted molar refractivity (Wildman–Crippen MR) is 101 cm³/mol. The molecule has 6 heteroatoms. The minimum absolute atomic E-state index is 0.216. The van der Waals surface area contributed by atoms with Gasteiger partial charge in [0.05, 0.1) is 22.7 Å². The molecule has 1 heterocycles. The van der Waals surface area contributed by atoms with Gasteiger partial charge in [0, 0.05) is 11.3 Å². The summed E-state index contributed by atoms with van der Waals surface area (Å²) in [6.45, 7) is 5.59. The van der Waals surface area contributed by atoms with Crippen molar-refractivity contribution in [3.63, 3.8) is 0 Å². The first kappa shape index (κ1) is 17.2. The smallest absolute Gasteiger partial charge is 0.253 e. The molecule has 0 aliphatic carbocycles. The third kappa shape index (κ3) is 3.90. The van der Waals surface area contributed by atoms with Crippen LogP contribution in [0.1, 0.15) is 6.92 Å². The Hall–Kier alpha value is -2.63. The van der Waals surface area contributed by atoms with Crippen molar-refractivity contribution in [3.8, 4) is 11.4 Å². The van der Waals surface area contributed by atoms with E-state index < -0.39 is 6.10 Å². The lowest BCUT2D eigenvalue weighted by Crippen LogP contribution is -2.27. The van der Waals surface area contributed by atoms with Crippen LogP contribution in [0.5, 0.6) is 0 Å². The number of aromatic nitrogens is 2. The van der Waals surface area contributed by atoms with E-state index in [1.54, 1.807) is 19.1 Å². The Morgan fingerprint density at radius 2 is 2.20 bits per heavy atom. The van der Waals surface area contributed by atoms with E-state index in [0.717, 1.165) is 16.6 Å². The van der Waals surface area contributed by atoms with Gasteiger partial charge in [0.15, 0.2) is 0 Å². The van der Waals surface area contributed by atoms with E-state index >= 15 is 0 Å². The van der Waals surface area contributed by atoms with Crippen LogP contribution in [-0.2, 0) is 9.53 Å². The van der Waals surface area contributed by atoms with Gasteiger partial charge < -0.3 is 15.0 Å². The second-order valence-electron chi connectivity index (χ2n) is 5.55. The van der Waals surface area contributed by atoms with E-state index in [-0.39, 0.29) is 5.91 Å².